The smallest absolute Gasteiger partial charge is 0.174 e. The summed E-state index contributed by atoms with van der Waals surface area (Å²) in [7, 11) is 0. The van der Waals surface area contributed by atoms with Gasteiger partial charge in [-0.2, -0.15) is 0 Å². The molecule has 2 aromatic carbocycles. The zero-order valence-corrected chi connectivity index (χ0v) is 21.2. The number of rotatable bonds is 4. The van der Waals surface area contributed by atoms with Crippen molar-refractivity contribution in [3.05, 3.63) is 112 Å². The molecule has 1 fully saturated rings. The zero-order chi connectivity index (χ0) is 23.1. The van der Waals surface area contributed by atoms with Crippen LogP contribution in [0.25, 0.3) is 5.69 Å². The number of anilines is 1. The third-order valence-corrected chi connectivity index (χ3v) is 7.04. The second-order valence-electron chi connectivity index (χ2n) is 8.48. The van der Waals surface area contributed by atoms with Gasteiger partial charge in [-0.3, -0.25) is 4.98 Å². The molecule has 6 heteroatoms. The minimum Gasteiger partial charge on any atom is -0.351 e. The molecule has 166 valence electrons. The van der Waals surface area contributed by atoms with Gasteiger partial charge >= 0.3 is 0 Å². The van der Waals surface area contributed by atoms with Crippen LogP contribution in [0.3, 0.4) is 0 Å². The number of nitrogens with one attached hydrogen (secondary N) is 1. The van der Waals surface area contributed by atoms with Gasteiger partial charge in [0.1, 0.15) is 0 Å². The topological polar surface area (TPSA) is 33.1 Å². The average molecular weight is 517 g/mol. The van der Waals surface area contributed by atoms with E-state index in [1.54, 1.807) is 0 Å². The Labute approximate surface area is 208 Å². The molecule has 1 saturated heterocycles. The van der Waals surface area contributed by atoms with Gasteiger partial charge in [-0.25, -0.2) is 0 Å². The number of thiocarbonyl (C=S) groups is 1. The standard InChI is InChI=1S/C27H25BrN4S/c1-17-8-6-10-21(14-17)32-26(25(30-27(32)33)24-12-4-5-13-29-24)23-15-18(2)31(19(23)3)22-11-7-9-20(28)16-22/h4-16,25-26H,1-3H3,(H,30,33). The van der Waals surface area contributed by atoms with E-state index in [1.165, 1.54) is 22.5 Å². The van der Waals surface area contributed by atoms with Crippen LogP contribution < -0.4 is 10.2 Å². The molecule has 0 saturated carbocycles. The number of benzene rings is 2. The molecule has 2 aromatic heterocycles. The summed E-state index contributed by atoms with van der Waals surface area (Å²) in [5, 5.41) is 4.29. The minimum absolute atomic E-state index is 0.0266. The van der Waals surface area contributed by atoms with Gasteiger partial charge < -0.3 is 14.8 Å². The summed E-state index contributed by atoms with van der Waals surface area (Å²) < 4.78 is 3.37. The first kappa shape index (κ1) is 21.9. The Bertz CT molecular complexity index is 1330. The quantitative estimate of drug-likeness (QED) is 0.304. The van der Waals surface area contributed by atoms with Crippen LogP contribution in [-0.4, -0.2) is 14.7 Å². The number of hydrogen-bond donors (Lipinski definition) is 1. The molecule has 1 aliphatic rings. The lowest BCUT2D eigenvalue weighted by Crippen LogP contribution is -2.29. The van der Waals surface area contributed by atoms with Crippen LogP contribution in [-0.2, 0) is 0 Å². The monoisotopic (exact) mass is 516 g/mol. The number of hydrogen-bond acceptors (Lipinski definition) is 2. The normalized spacial score (nSPS) is 17.9. The SMILES string of the molecule is Cc1cccc(N2C(=S)NC(c3ccccn3)C2c2cc(C)n(-c3cccc(Br)c3)c2C)c1. The summed E-state index contributed by atoms with van der Waals surface area (Å²) >= 11 is 9.51. The predicted molar refractivity (Wildman–Crippen MR) is 142 cm³/mol. The largest absolute Gasteiger partial charge is 0.351 e. The Hall–Kier alpha value is -2.96. The molecule has 4 aromatic rings. The van der Waals surface area contributed by atoms with Gasteiger partial charge in [0.25, 0.3) is 0 Å². The van der Waals surface area contributed by atoms with Crippen molar-refractivity contribution in [2.45, 2.75) is 32.9 Å². The molecule has 1 N–H and O–H groups in total. The molecule has 5 rings (SSSR count). The zero-order valence-electron chi connectivity index (χ0n) is 18.8. The summed E-state index contributed by atoms with van der Waals surface area (Å²) in [4.78, 5) is 6.93. The summed E-state index contributed by atoms with van der Waals surface area (Å²) in [6.07, 6.45) is 1.84. The minimum atomic E-state index is -0.0596. The Morgan fingerprint density at radius 2 is 1.70 bits per heavy atom. The summed E-state index contributed by atoms with van der Waals surface area (Å²) in [6, 6.07) is 25.2. The van der Waals surface area contributed by atoms with Crippen LogP contribution in [0.4, 0.5) is 5.69 Å². The molecule has 0 radical (unpaired) electrons. The maximum Gasteiger partial charge on any atom is 0.174 e. The number of halogens is 1. The highest BCUT2D eigenvalue weighted by molar-refractivity contribution is 9.10. The maximum absolute atomic E-state index is 5.89. The van der Waals surface area contributed by atoms with Crippen molar-refractivity contribution < 1.29 is 0 Å². The van der Waals surface area contributed by atoms with Gasteiger partial charge in [0.2, 0.25) is 0 Å². The summed E-state index contributed by atoms with van der Waals surface area (Å²) in [5.74, 6) is 0. The van der Waals surface area contributed by atoms with Crippen molar-refractivity contribution in [3.8, 4) is 5.69 Å². The van der Waals surface area contributed by atoms with Crippen molar-refractivity contribution in [2.24, 2.45) is 0 Å². The molecule has 2 unspecified atom stereocenters. The third-order valence-electron chi connectivity index (χ3n) is 6.23. The van der Waals surface area contributed by atoms with E-state index in [0.717, 1.165) is 21.5 Å². The van der Waals surface area contributed by atoms with E-state index >= 15 is 0 Å². The van der Waals surface area contributed by atoms with Crippen LogP contribution in [0, 0.1) is 20.8 Å². The lowest BCUT2D eigenvalue weighted by molar-refractivity contribution is 0.565. The maximum atomic E-state index is 5.89. The van der Waals surface area contributed by atoms with Crippen LogP contribution in [0.1, 0.15) is 40.3 Å². The van der Waals surface area contributed by atoms with E-state index in [2.05, 4.69) is 117 Å². The summed E-state index contributed by atoms with van der Waals surface area (Å²) in [5.41, 5.74) is 8.01. The van der Waals surface area contributed by atoms with E-state index in [1.807, 2.05) is 18.3 Å². The fraction of sp³-hybridized carbons (Fsp3) is 0.185. The molecule has 0 amide bonds. The molecular weight excluding hydrogens is 492 g/mol. The second-order valence-corrected chi connectivity index (χ2v) is 9.78. The number of nitrogens with zero attached hydrogens (tertiary/aromatic N) is 3. The first-order chi connectivity index (χ1) is 15.9. The first-order valence-electron chi connectivity index (χ1n) is 11.0. The van der Waals surface area contributed by atoms with E-state index in [9.17, 15) is 0 Å². The van der Waals surface area contributed by atoms with E-state index < -0.39 is 0 Å². The Balaban J connectivity index is 1.69. The van der Waals surface area contributed by atoms with E-state index in [0.29, 0.717) is 5.11 Å². The fourth-order valence-corrected chi connectivity index (χ4v) is 5.56. The fourth-order valence-electron chi connectivity index (χ4n) is 4.83. The van der Waals surface area contributed by atoms with E-state index in [-0.39, 0.29) is 12.1 Å². The van der Waals surface area contributed by atoms with Crippen molar-refractivity contribution in [1.82, 2.24) is 14.9 Å². The highest BCUT2D eigenvalue weighted by atomic mass is 79.9. The first-order valence-corrected chi connectivity index (χ1v) is 12.2. The molecule has 2 atom stereocenters. The summed E-state index contributed by atoms with van der Waals surface area (Å²) in [6.45, 7) is 6.46. The number of aromatic nitrogens is 2. The highest BCUT2D eigenvalue weighted by Crippen LogP contribution is 2.43. The lowest BCUT2D eigenvalue weighted by atomic mass is 9.96. The molecule has 3 heterocycles. The van der Waals surface area contributed by atoms with Crippen LogP contribution in [0.5, 0.6) is 0 Å². The van der Waals surface area contributed by atoms with Crippen LogP contribution in [0.15, 0.2) is 83.5 Å². The lowest BCUT2D eigenvalue weighted by Gasteiger charge is -2.28. The van der Waals surface area contributed by atoms with Crippen molar-refractivity contribution in [3.63, 3.8) is 0 Å². The van der Waals surface area contributed by atoms with Crippen molar-refractivity contribution >= 4 is 38.9 Å². The Morgan fingerprint density at radius 1 is 0.909 bits per heavy atom. The molecule has 4 nitrogen and oxygen atoms in total. The van der Waals surface area contributed by atoms with Gasteiger partial charge in [0, 0.05) is 33.4 Å². The van der Waals surface area contributed by atoms with Gasteiger partial charge in [-0.1, -0.05) is 40.2 Å². The van der Waals surface area contributed by atoms with Crippen molar-refractivity contribution in [1.29, 1.82) is 0 Å². The molecule has 1 aliphatic heterocycles. The molecule has 0 bridgehead atoms. The second kappa shape index (κ2) is 8.76. The van der Waals surface area contributed by atoms with Crippen molar-refractivity contribution in [2.75, 3.05) is 4.90 Å². The third kappa shape index (κ3) is 3.98. The molecule has 0 aliphatic carbocycles. The average Bonchev–Trinajstić information content (AvgIpc) is 3.29. The predicted octanol–water partition coefficient (Wildman–Crippen LogP) is 6.74. The van der Waals surface area contributed by atoms with Gasteiger partial charge in [0.15, 0.2) is 5.11 Å². The Kier molecular flexibility index (Phi) is 5.81. The number of pyridine rings is 1. The number of aryl methyl sites for hydroxylation is 2. The Morgan fingerprint density at radius 3 is 2.42 bits per heavy atom. The van der Waals surface area contributed by atoms with Gasteiger partial charge in [0.05, 0.1) is 17.8 Å². The van der Waals surface area contributed by atoms with Gasteiger partial charge in [-0.15, -0.1) is 0 Å². The van der Waals surface area contributed by atoms with E-state index in [4.69, 9.17) is 12.2 Å². The van der Waals surface area contributed by atoms with Crippen LogP contribution in [0.2, 0.25) is 0 Å². The molecule has 0 spiro atoms. The molecular formula is C27H25BrN4S. The highest BCUT2D eigenvalue weighted by Gasteiger charge is 2.42. The van der Waals surface area contributed by atoms with Crippen LogP contribution >= 0.6 is 28.1 Å². The molecule has 33 heavy (non-hydrogen) atoms. The van der Waals surface area contributed by atoms with Gasteiger partial charge in [-0.05, 0) is 92.6 Å².